The van der Waals surface area contributed by atoms with Crippen LogP contribution in [0.3, 0.4) is 0 Å². The summed E-state index contributed by atoms with van der Waals surface area (Å²) >= 11 is 7.39. The number of rotatable bonds is 1. The van der Waals surface area contributed by atoms with Gasteiger partial charge in [-0.3, -0.25) is 14.9 Å². The summed E-state index contributed by atoms with van der Waals surface area (Å²) in [5.74, 6) is -0.400. The van der Waals surface area contributed by atoms with Gasteiger partial charge in [0, 0.05) is 17.9 Å². The fraction of sp³-hybridized carbons (Fsp3) is 0.308. The zero-order chi connectivity index (χ0) is 13.4. The van der Waals surface area contributed by atoms with Crippen molar-refractivity contribution in [2.45, 2.75) is 24.5 Å². The summed E-state index contributed by atoms with van der Waals surface area (Å²) in [5, 5.41) is 3.74. The van der Waals surface area contributed by atoms with Crippen molar-refractivity contribution in [2.24, 2.45) is 4.99 Å². The van der Waals surface area contributed by atoms with Crippen molar-refractivity contribution in [1.29, 1.82) is 0 Å². The summed E-state index contributed by atoms with van der Waals surface area (Å²) < 4.78 is 0. The number of amides is 2. The van der Waals surface area contributed by atoms with Crippen molar-refractivity contribution in [3.05, 3.63) is 28.8 Å². The number of thioether (sulfide) groups is 1. The van der Waals surface area contributed by atoms with Gasteiger partial charge >= 0.3 is 0 Å². The zero-order valence-corrected chi connectivity index (χ0v) is 11.6. The van der Waals surface area contributed by atoms with Gasteiger partial charge in [0.05, 0.1) is 16.0 Å². The highest BCUT2D eigenvalue weighted by Crippen LogP contribution is 2.34. The van der Waals surface area contributed by atoms with Gasteiger partial charge in [-0.2, -0.15) is 0 Å². The first-order chi connectivity index (χ1) is 9.11. The summed E-state index contributed by atoms with van der Waals surface area (Å²) in [6.45, 7) is 0. The maximum Gasteiger partial charge on any atom is 0.240 e. The number of nitrogens with one attached hydrogen (secondary N) is 1. The minimum atomic E-state index is -0.221. The van der Waals surface area contributed by atoms with Gasteiger partial charge in [0.2, 0.25) is 11.8 Å². The van der Waals surface area contributed by atoms with Gasteiger partial charge in [-0.05, 0) is 30.2 Å². The summed E-state index contributed by atoms with van der Waals surface area (Å²) in [6, 6.07) is 5.59. The molecule has 2 aliphatic rings. The Kier molecular flexibility index (Phi) is 3.33. The van der Waals surface area contributed by atoms with E-state index in [1.165, 1.54) is 11.8 Å². The van der Waals surface area contributed by atoms with Crippen LogP contribution in [-0.2, 0) is 16.0 Å². The van der Waals surface area contributed by atoms with Crippen molar-refractivity contribution in [2.75, 3.05) is 0 Å². The number of carbonyl (C=O) groups is 2. The van der Waals surface area contributed by atoms with Crippen LogP contribution in [0.1, 0.15) is 18.4 Å². The number of benzene rings is 1. The minimum absolute atomic E-state index is 0.190. The van der Waals surface area contributed by atoms with Gasteiger partial charge in [0.1, 0.15) is 0 Å². The Morgan fingerprint density at radius 2 is 2.21 bits per heavy atom. The highest BCUT2D eigenvalue weighted by molar-refractivity contribution is 8.15. The number of halogens is 1. The van der Waals surface area contributed by atoms with E-state index in [9.17, 15) is 9.59 Å². The largest absolute Gasteiger partial charge is 0.295 e. The van der Waals surface area contributed by atoms with Gasteiger partial charge in [-0.1, -0.05) is 23.4 Å². The third-order valence-corrected chi connectivity index (χ3v) is 4.57. The number of imide groups is 1. The van der Waals surface area contributed by atoms with Crippen LogP contribution in [0.25, 0.3) is 0 Å². The van der Waals surface area contributed by atoms with Gasteiger partial charge in [-0.15, -0.1) is 0 Å². The Morgan fingerprint density at radius 3 is 3.00 bits per heavy atom. The van der Waals surface area contributed by atoms with Crippen LogP contribution in [0.2, 0.25) is 5.02 Å². The molecule has 0 aromatic heterocycles. The summed E-state index contributed by atoms with van der Waals surface area (Å²) in [6.07, 6.45) is 1.68. The molecule has 3 rings (SSSR count). The van der Waals surface area contributed by atoms with Gasteiger partial charge in [0.15, 0.2) is 0 Å². The van der Waals surface area contributed by atoms with Gasteiger partial charge in [-0.25, -0.2) is 4.99 Å². The molecule has 1 aromatic rings. The molecule has 0 spiro atoms. The number of hydrogen-bond donors (Lipinski definition) is 1. The quantitative estimate of drug-likeness (QED) is 0.810. The summed E-state index contributed by atoms with van der Waals surface area (Å²) in [7, 11) is 0. The van der Waals surface area contributed by atoms with E-state index in [0.717, 1.165) is 16.3 Å². The van der Waals surface area contributed by atoms with Crippen LogP contribution in [-0.4, -0.2) is 22.1 Å². The molecule has 1 aromatic carbocycles. The molecule has 1 N–H and O–H groups in total. The predicted molar refractivity (Wildman–Crippen MR) is 76.0 cm³/mol. The van der Waals surface area contributed by atoms with Crippen LogP contribution in [0.4, 0.5) is 5.69 Å². The second kappa shape index (κ2) is 4.98. The van der Waals surface area contributed by atoms with E-state index in [-0.39, 0.29) is 17.1 Å². The lowest BCUT2D eigenvalue weighted by molar-refractivity contribution is -0.132. The van der Waals surface area contributed by atoms with E-state index in [4.69, 9.17) is 11.6 Å². The lowest BCUT2D eigenvalue weighted by Crippen LogP contribution is -2.42. The van der Waals surface area contributed by atoms with Crippen molar-refractivity contribution >= 4 is 45.9 Å². The summed E-state index contributed by atoms with van der Waals surface area (Å²) in [5.41, 5.74) is 2.00. The van der Waals surface area contributed by atoms with Crippen LogP contribution in [0.15, 0.2) is 23.2 Å². The fourth-order valence-electron chi connectivity index (χ4n) is 2.16. The second-order valence-corrected chi connectivity index (χ2v) is 6.23. The Hall–Kier alpha value is -1.33. The van der Waals surface area contributed by atoms with Crippen LogP contribution < -0.4 is 5.32 Å². The van der Waals surface area contributed by atoms with Crippen molar-refractivity contribution < 1.29 is 9.59 Å². The molecular weight excluding hydrogens is 284 g/mol. The standard InChI is InChI=1S/C13H11ClN2O2S/c14-8-1-2-9-7(5-8)6-12(15-9)19-10-3-4-11(17)16-13(10)18/h1-2,5,10H,3-4,6H2,(H,16,17,18). The number of aliphatic imine (C=N–C) groups is 1. The van der Waals surface area contributed by atoms with E-state index < -0.39 is 0 Å². The number of hydrogen-bond acceptors (Lipinski definition) is 4. The molecule has 2 heterocycles. The molecule has 0 bridgehead atoms. The molecule has 6 heteroatoms. The number of piperidine rings is 1. The highest BCUT2D eigenvalue weighted by atomic mass is 35.5. The normalized spacial score (nSPS) is 21.9. The smallest absolute Gasteiger partial charge is 0.240 e. The molecule has 98 valence electrons. The van der Waals surface area contributed by atoms with Crippen LogP contribution in [0.5, 0.6) is 0 Å². The van der Waals surface area contributed by atoms with E-state index in [1.54, 1.807) is 0 Å². The fourth-order valence-corrected chi connectivity index (χ4v) is 3.47. The van der Waals surface area contributed by atoms with E-state index in [0.29, 0.717) is 24.3 Å². The zero-order valence-electron chi connectivity index (χ0n) is 9.98. The Bertz CT molecular complexity index is 600. The molecule has 1 saturated heterocycles. The molecule has 2 aliphatic heterocycles. The van der Waals surface area contributed by atoms with Crippen molar-refractivity contribution in [3.63, 3.8) is 0 Å². The predicted octanol–water partition coefficient (Wildman–Crippen LogP) is 2.46. The van der Waals surface area contributed by atoms with Crippen LogP contribution >= 0.6 is 23.4 Å². The SMILES string of the molecule is O=C1CCC(SC2=Nc3ccc(Cl)cc3C2)C(=O)N1. The van der Waals surface area contributed by atoms with Crippen LogP contribution in [0, 0.1) is 0 Å². The molecule has 1 unspecified atom stereocenters. The minimum Gasteiger partial charge on any atom is -0.295 e. The second-order valence-electron chi connectivity index (χ2n) is 4.51. The molecular formula is C13H11ClN2O2S. The Balaban J connectivity index is 1.70. The lowest BCUT2D eigenvalue weighted by atomic mass is 10.1. The average Bonchev–Trinajstić information content (AvgIpc) is 2.74. The first kappa shape index (κ1) is 12.7. The molecule has 0 saturated carbocycles. The first-order valence-electron chi connectivity index (χ1n) is 5.98. The third kappa shape index (κ3) is 2.67. The molecule has 1 atom stereocenters. The first-order valence-corrected chi connectivity index (χ1v) is 7.24. The molecule has 19 heavy (non-hydrogen) atoms. The van der Waals surface area contributed by atoms with E-state index >= 15 is 0 Å². The molecule has 1 fully saturated rings. The lowest BCUT2D eigenvalue weighted by Gasteiger charge is -2.19. The molecule has 0 aliphatic carbocycles. The average molecular weight is 295 g/mol. The highest BCUT2D eigenvalue weighted by Gasteiger charge is 2.29. The van der Waals surface area contributed by atoms with E-state index in [1.807, 2.05) is 18.2 Å². The molecule has 4 nitrogen and oxygen atoms in total. The van der Waals surface area contributed by atoms with Gasteiger partial charge < -0.3 is 0 Å². The van der Waals surface area contributed by atoms with Crippen molar-refractivity contribution in [3.8, 4) is 0 Å². The Labute approximate surface area is 119 Å². The Morgan fingerprint density at radius 1 is 1.37 bits per heavy atom. The maximum absolute atomic E-state index is 11.7. The number of fused-ring (bicyclic) bond motifs is 1. The topological polar surface area (TPSA) is 58.5 Å². The van der Waals surface area contributed by atoms with E-state index in [2.05, 4.69) is 10.3 Å². The summed E-state index contributed by atoms with van der Waals surface area (Å²) in [4.78, 5) is 27.3. The maximum atomic E-state index is 11.7. The number of nitrogens with zero attached hydrogens (tertiary/aromatic N) is 1. The van der Waals surface area contributed by atoms with Crippen molar-refractivity contribution in [1.82, 2.24) is 5.32 Å². The molecule has 0 radical (unpaired) electrons. The number of carbonyl (C=O) groups excluding carboxylic acids is 2. The molecule has 2 amide bonds. The van der Waals surface area contributed by atoms with Gasteiger partial charge in [0.25, 0.3) is 0 Å². The third-order valence-electron chi connectivity index (χ3n) is 3.10. The monoisotopic (exact) mass is 294 g/mol.